The Balaban J connectivity index is 3.46. The number of hydrogen-bond acceptors (Lipinski definition) is 28. The highest BCUT2D eigenvalue weighted by Gasteiger charge is 2.19. The van der Waals surface area contributed by atoms with Crippen molar-refractivity contribution in [2.75, 3.05) is 297 Å². The number of nitrogens with zero attached hydrogens (tertiary/aromatic N) is 1. The topological polar surface area (TPSA) is 336 Å². The van der Waals surface area contributed by atoms with Gasteiger partial charge in [0.2, 0.25) is 11.8 Å². The maximum Gasteiger partial charge on any atom is 0.317 e. The predicted molar refractivity (Wildman–Crippen MR) is 327 cm³/mol. The van der Waals surface area contributed by atoms with Crippen LogP contribution in [0.1, 0.15) is 54.4 Å². The molecule has 0 unspecified atom stereocenters. The van der Waals surface area contributed by atoms with E-state index in [4.69, 9.17) is 104 Å². The summed E-state index contributed by atoms with van der Waals surface area (Å²) in [5, 5.41) is 14.6. The van der Waals surface area contributed by atoms with Gasteiger partial charge in [0.25, 0.3) is 0 Å². The van der Waals surface area contributed by atoms with E-state index in [2.05, 4.69) is 10.6 Å². The van der Waals surface area contributed by atoms with Crippen LogP contribution in [0.4, 0.5) is 0 Å². The van der Waals surface area contributed by atoms with E-state index in [0.29, 0.717) is 251 Å². The molecule has 0 saturated carbocycles. The van der Waals surface area contributed by atoms with E-state index in [-0.39, 0.29) is 64.2 Å². The Morgan fingerprint density at radius 3 is 0.593 bits per heavy atom. The lowest BCUT2D eigenvalue weighted by Crippen LogP contribution is -2.45. The van der Waals surface area contributed by atoms with Crippen LogP contribution in [0, 0.1) is 0 Å². The van der Waals surface area contributed by atoms with Gasteiger partial charge in [-0.2, -0.15) is 0 Å². The van der Waals surface area contributed by atoms with E-state index in [9.17, 15) is 29.1 Å². The van der Waals surface area contributed by atoms with E-state index >= 15 is 0 Å². The minimum absolute atomic E-state index is 0.193. The lowest BCUT2D eigenvalue weighted by atomic mass is 10.2. The Morgan fingerprint density at radius 1 is 0.264 bits per heavy atom. The minimum Gasteiger partial charge on any atom is -0.480 e. The molecule has 0 rings (SSSR count). The zero-order chi connectivity index (χ0) is 66.7. The van der Waals surface area contributed by atoms with Crippen molar-refractivity contribution in [1.29, 1.82) is 0 Å². The van der Waals surface area contributed by atoms with E-state index in [1.165, 1.54) is 4.90 Å². The smallest absolute Gasteiger partial charge is 0.317 e. The monoisotopic (exact) mass is 1330 g/mol. The van der Waals surface area contributed by atoms with Crippen LogP contribution in [0.25, 0.3) is 0 Å². The van der Waals surface area contributed by atoms with Crippen molar-refractivity contribution in [3.8, 4) is 0 Å². The summed E-state index contributed by atoms with van der Waals surface area (Å²) in [4.78, 5) is 60.8. The summed E-state index contributed by atoms with van der Waals surface area (Å²) in [6, 6.07) is 0. The highest BCUT2D eigenvalue weighted by Crippen LogP contribution is 2.09. The summed E-state index contributed by atoms with van der Waals surface area (Å²) in [5.74, 6) is -2.64. The van der Waals surface area contributed by atoms with E-state index < -0.39 is 35.5 Å². The van der Waals surface area contributed by atoms with Crippen LogP contribution in [0.5, 0.6) is 0 Å². The van der Waals surface area contributed by atoms with Gasteiger partial charge in [-0.15, -0.1) is 0 Å². The highest BCUT2D eigenvalue weighted by molar-refractivity contribution is 5.82. The third-order valence-corrected chi connectivity index (χ3v) is 10.7. The molecule has 0 aromatic rings. The van der Waals surface area contributed by atoms with Crippen LogP contribution >= 0.6 is 0 Å². The number of carboxylic acid groups (broad SMARTS) is 1. The number of esters is 2. The average Bonchev–Trinajstić information content (AvgIpc) is 3.46. The zero-order valence-corrected chi connectivity index (χ0v) is 55.7. The van der Waals surface area contributed by atoms with Crippen molar-refractivity contribution < 1.29 is 133 Å². The first-order valence-corrected chi connectivity index (χ1v) is 31.5. The van der Waals surface area contributed by atoms with Gasteiger partial charge in [0.05, 0.1) is 297 Å². The molecule has 31 heteroatoms. The molecule has 0 spiro atoms. The van der Waals surface area contributed by atoms with Gasteiger partial charge >= 0.3 is 17.9 Å². The Labute approximate surface area is 539 Å². The molecule has 0 heterocycles. The lowest BCUT2D eigenvalue weighted by molar-refractivity contribution is -0.157. The van der Waals surface area contributed by atoms with Crippen molar-refractivity contribution in [3.63, 3.8) is 0 Å². The molecule has 31 nitrogen and oxygen atoms in total. The van der Waals surface area contributed by atoms with E-state index in [1.807, 2.05) is 41.5 Å². The summed E-state index contributed by atoms with van der Waals surface area (Å²) in [5.41, 5.74) is -0.992. The molecule has 538 valence electrons. The second-order valence-electron chi connectivity index (χ2n) is 21.2. The predicted octanol–water partition coefficient (Wildman–Crippen LogP) is 0.401. The summed E-state index contributed by atoms with van der Waals surface area (Å²) >= 11 is 0. The number of nitrogens with one attached hydrogen (secondary N) is 2. The first-order valence-electron chi connectivity index (χ1n) is 31.5. The van der Waals surface area contributed by atoms with E-state index in [0.717, 1.165) is 0 Å². The number of aliphatic carboxylic acids is 1. The fourth-order valence-corrected chi connectivity index (χ4v) is 6.66. The van der Waals surface area contributed by atoms with Crippen LogP contribution < -0.4 is 10.6 Å². The average molecular weight is 1330 g/mol. The number of hydrogen-bond donors (Lipinski definition) is 3. The third kappa shape index (κ3) is 75.4. The van der Waals surface area contributed by atoms with Crippen LogP contribution in [0.3, 0.4) is 0 Å². The lowest BCUT2D eigenvalue weighted by Gasteiger charge is -2.19. The van der Waals surface area contributed by atoms with Gasteiger partial charge in [-0.25, -0.2) is 0 Å². The molecule has 0 fully saturated rings. The number of carbonyl (C=O) groups excluding carboxylic acids is 4. The maximum atomic E-state index is 12.5. The number of rotatable bonds is 72. The number of amides is 2. The van der Waals surface area contributed by atoms with Gasteiger partial charge in [0.1, 0.15) is 11.2 Å². The number of carboxylic acids is 1. The zero-order valence-electron chi connectivity index (χ0n) is 55.7. The maximum absolute atomic E-state index is 12.5. The Hall–Kier alpha value is -3.49. The Morgan fingerprint density at radius 2 is 0.429 bits per heavy atom. The highest BCUT2D eigenvalue weighted by atomic mass is 16.6. The first-order chi connectivity index (χ1) is 44.1. The quantitative estimate of drug-likeness (QED) is 0.0548. The van der Waals surface area contributed by atoms with Gasteiger partial charge in [-0.1, -0.05) is 0 Å². The molecule has 91 heavy (non-hydrogen) atoms. The van der Waals surface area contributed by atoms with Crippen LogP contribution in [0.15, 0.2) is 0 Å². The summed E-state index contributed by atoms with van der Waals surface area (Å²) < 4.78 is 120. The molecule has 0 bridgehead atoms. The van der Waals surface area contributed by atoms with Crippen molar-refractivity contribution in [2.45, 2.75) is 65.6 Å². The van der Waals surface area contributed by atoms with Crippen molar-refractivity contribution in [2.24, 2.45) is 0 Å². The summed E-state index contributed by atoms with van der Waals surface area (Å²) in [7, 11) is 0. The molecule has 0 atom stereocenters. The summed E-state index contributed by atoms with van der Waals surface area (Å²) in [6.45, 7) is 26.3. The van der Waals surface area contributed by atoms with Gasteiger partial charge in [0, 0.05) is 13.1 Å². The SMILES string of the molecule is CC(C)(C)OC(=O)CCOCCOCCOCCOCCOCCOCCOCCOCCOCCOCCNC(=O)CN(CC(=O)O)CC(=O)NCCOCCOCCOCCOCCOCCOCCOCCOCCOCCOCCC(=O)OC(C)(C)C. The molecule has 0 saturated heterocycles. The summed E-state index contributed by atoms with van der Waals surface area (Å²) in [6.07, 6.45) is 0.421. The van der Waals surface area contributed by atoms with Crippen molar-refractivity contribution in [1.82, 2.24) is 15.5 Å². The molecule has 0 aromatic heterocycles. The second-order valence-corrected chi connectivity index (χ2v) is 21.2. The molecular weight excluding hydrogens is 1210 g/mol. The Bertz CT molecular complexity index is 1540. The van der Waals surface area contributed by atoms with E-state index in [1.54, 1.807) is 0 Å². The Kier molecular flexibility index (Phi) is 64.0. The minimum atomic E-state index is -1.17. The van der Waals surface area contributed by atoms with Crippen molar-refractivity contribution in [3.05, 3.63) is 0 Å². The van der Waals surface area contributed by atoms with Crippen LogP contribution in [-0.4, -0.2) is 348 Å². The molecule has 0 aromatic carbocycles. The normalized spacial score (nSPS) is 11.9. The molecule has 2 amide bonds. The second kappa shape index (κ2) is 66.5. The molecule has 0 aliphatic rings. The van der Waals surface area contributed by atoms with Gasteiger partial charge in [-0.3, -0.25) is 28.9 Å². The number of carbonyl (C=O) groups is 5. The van der Waals surface area contributed by atoms with Crippen LogP contribution in [0.2, 0.25) is 0 Å². The third-order valence-electron chi connectivity index (χ3n) is 10.7. The molecule has 3 N–H and O–H groups in total. The largest absolute Gasteiger partial charge is 0.480 e. The van der Waals surface area contributed by atoms with Crippen molar-refractivity contribution >= 4 is 29.7 Å². The number of ether oxygens (including phenoxy) is 22. The molecule has 0 aliphatic heterocycles. The fourth-order valence-electron chi connectivity index (χ4n) is 6.66. The van der Waals surface area contributed by atoms with Crippen LogP contribution in [-0.2, 0) is 128 Å². The van der Waals surface area contributed by atoms with Gasteiger partial charge in [-0.05, 0) is 41.5 Å². The molecule has 0 aliphatic carbocycles. The first kappa shape index (κ1) is 87.5. The molecular formula is C60H115N3O28. The van der Waals surface area contributed by atoms with Gasteiger partial charge in [0.15, 0.2) is 0 Å². The van der Waals surface area contributed by atoms with Gasteiger partial charge < -0.3 is 120 Å². The standard InChI is InChI=1S/C60H115N3O28/c1-59(2,3)90-57(68)7-11-70-15-19-74-23-27-78-31-35-82-39-43-86-47-49-88-45-41-84-37-33-80-29-25-76-21-17-72-13-9-61-54(64)51-63(53-56(66)67)52-55(65)62-10-14-73-18-22-77-26-30-81-34-38-85-42-46-89-50-48-87-44-40-83-36-32-79-28-24-75-20-16-71-12-8-58(69)91-60(4,5)6/h7-53H2,1-6H3,(H,61,64)(H,62,65)(H,66,67). The molecule has 0 radical (unpaired) electrons. The fraction of sp³-hybridized carbons (Fsp3) is 0.917.